The van der Waals surface area contributed by atoms with E-state index in [4.69, 9.17) is 69.6 Å². The van der Waals surface area contributed by atoms with Gasteiger partial charge in [-0.2, -0.15) is 0 Å². The van der Waals surface area contributed by atoms with Gasteiger partial charge in [-0.3, -0.25) is 24.3 Å². The lowest BCUT2D eigenvalue weighted by Gasteiger charge is -2.45. The van der Waals surface area contributed by atoms with Gasteiger partial charge in [-0.1, -0.05) is 143 Å². The number of nitrogens with zero attached hydrogens (tertiary/aromatic N) is 7. The maximum absolute atomic E-state index is 13.2. The highest BCUT2D eigenvalue weighted by Crippen LogP contribution is 2.36. The van der Waals surface area contributed by atoms with Crippen molar-refractivity contribution in [3.05, 3.63) is 214 Å². The third kappa shape index (κ3) is 19.4. The van der Waals surface area contributed by atoms with Crippen LogP contribution in [-0.4, -0.2) is 149 Å². The molecule has 0 saturated carbocycles. The van der Waals surface area contributed by atoms with E-state index in [1.807, 2.05) is 126 Å². The third-order valence-electron chi connectivity index (χ3n) is 21.8. The second-order valence-corrected chi connectivity index (χ2v) is 30.5. The second kappa shape index (κ2) is 34.7. The van der Waals surface area contributed by atoms with Gasteiger partial charge < -0.3 is 24.5 Å². The Bertz CT molecular complexity index is 3740. The molecule has 2 atom stereocenters. The van der Waals surface area contributed by atoms with E-state index in [-0.39, 0.29) is 19.1 Å². The van der Waals surface area contributed by atoms with Gasteiger partial charge in [0.1, 0.15) is 0 Å². The largest absolute Gasteiger partial charge is 0.342 e. The molecule has 0 unspecified atom stereocenters. The molecule has 6 aromatic carbocycles. The van der Waals surface area contributed by atoms with Gasteiger partial charge in [0.05, 0.1) is 32.0 Å². The number of fused-ring (bicyclic) bond motifs is 1. The summed E-state index contributed by atoms with van der Waals surface area (Å²) in [5, 5.41) is 5.16. The first kappa shape index (κ1) is 72.0. The van der Waals surface area contributed by atoms with Crippen LogP contribution >= 0.6 is 69.6 Å². The van der Waals surface area contributed by atoms with E-state index in [1.54, 1.807) is 6.20 Å². The van der Waals surface area contributed by atoms with E-state index in [9.17, 15) is 14.4 Å². The molecule has 6 fully saturated rings. The molecule has 6 saturated heterocycles. The molecule has 7 heterocycles. The number of aromatic nitrogens is 1. The smallest absolute Gasteiger partial charge is 0.253 e. The highest BCUT2D eigenvalue weighted by molar-refractivity contribution is 6.42. The molecule has 0 bridgehead atoms. The molecule has 1 aromatic heterocycles. The molecule has 0 N–H and O–H groups in total. The van der Waals surface area contributed by atoms with Crippen LogP contribution in [-0.2, 0) is 30.5 Å². The van der Waals surface area contributed by atoms with E-state index in [0.717, 1.165) is 180 Å². The molecular weight excluding hydrogens is 1320 g/mol. The van der Waals surface area contributed by atoms with Crippen molar-refractivity contribution in [1.82, 2.24) is 34.4 Å². The lowest BCUT2D eigenvalue weighted by molar-refractivity contribution is -0.132. The maximum atomic E-state index is 13.2. The molecule has 512 valence electrons. The van der Waals surface area contributed by atoms with Crippen LogP contribution in [0.3, 0.4) is 0 Å². The van der Waals surface area contributed by atoms with Crippen LogP contribution in [0.4, 0.5) is 0 Å². The molecule has 0 aliphatic carbocycles. The summed E-state index contributed by atoms with van der Waals surface area (Å²) in [4.78, 5) is 57.2. The van der Waals surface area contributed by atoms with Crippen molar-refractivity contribution in [2.75, 3.05) is 78.5 Å². The zero-order valence-corrected chi connectivity index (χ0v) is 60.8. The van der Waals surface area contributed by atoms with Gasteiger partial charge in [-0.15, -0.1) is 0 Å². The SMILES string of the molecule is CC[C@@H]1CN(C2CCN(C(=O)c3ccc4ncccc4c3)CC2)CC[C@@H]1Cc1ccc(Cl)c(Cl)c1.Cc1cccc(C(=O)N2CCC(N3CCC(Cc4ccc(Cl)c(Cl)c4)CC3)CC2)c1.Cc1ccccc1CC(=O)N1CCC(N2CCC(Cc3cc(Cl)ccc3Cl)CC2)CC1.[HH]. The molecule has 7 aromatic rings. The van der Waals surface area contributed by atoms with E-state index < -0.39 is 0 Å². The first-order valence-corrected chi connectivity index (χ1v) is 37.6. The van der Waals surface area contributed by atoms with Crippen molar-refractivity contribution in [3.8, 4) is 0 Å². The average Bonchev–Trinajstić information content (AvgIpc) is 0.857. The standard InChI is InChI=1S/C29H33Cl2N3O.C26H32Cl2N2O.C25H30Cl2N2O.H2/c1-2-21-19-34(13-9-22(21)16-20-5-7-26(30)27(31)17-20)25-10-14-33(15-11-25)29(35)24-6-8-28-23(18-24)4-3-12-32-28;1-19-4-2-3-5-21(19)18-26(31)30-14-10-24(11-15-30)29-12-8-20(9-13-29)16-22-17-23(27)6-7-25(22)28;1-18-3-2-4-21(15-18)25(30)29-13-9-22(10-14-29)28-11-7-19(8-12-28)16-20-5-6-23(26)24(27)17-20;/h3-8,12,17-18,21-22,25H,2,9-11,13-16,19H2,1H3;2-7,17,20,24H,8-16,18H2,1H3;2-6,15,17,19,22H,7-14,16H2,1H3;1H/t21-,22-;;;/m1.../s1. The lowest BCUT2D eigenvalue weighted by Crippen LogP contribution is -2.51. The number of hydrogen-bond acceptors (Lipinski definition) is 7. The van der Waals surface area contributed by atoms with E-state index in [2.05, 4.69) is 62.7 Å². The number of likely N-dealkylation sites (tertiary alicyclic amines) is 6. The van der Waals surface area contributed by atoms with Crippen LogP contribution < -0.4 is 0 Å². The Morgan fingerprint density at radius 3 is 1.57 bits per heavy atom. The molecule has 96 heavy (non-hydrogen) atoms. The first-order chi connectivity index (χ1) is 46.5. The topological polar surface area (TPSA) is 83.5 Å². The number of hydrogen-bond donors (Lipinski definition) is 0. The lowest BCUT2D eigenvalue weighted by atomic mass is 9.79. The number of aryl methyl sites for hydroxylation is 2. The highest BCUT2D eigenvalue weighted by atomic mass is 35.5. The highest BCUT2D eigenvalue weighted by Gasteiger charge is 2.36. The van der Waals surface area contributed by atoms with Crippen molar-refractivity contribution >= 4 is 98.2 Å². The quantitative estimate of drug-likeness (QED) is 0.107. The monoisotopic (exact) mass is 1410 g/mol. The number of carbonyl (C=O) groups is 3. The van der Waals surface area contributed by atoms with Crippen molar-refractivity contribution < 1.29 is 15.8 Å². The van der Waals surface area contributed by atoms with Crippen molar-refractivity contribution in [3.63, 3.8) is 0 Å². The predicted molar refractivity (Wildman–Crippen MR) is 400 cm³/mol. The van der Waals surface area contributed by atoms with E-state index in [1.165, 1.54) is 60.8 Å². The molecule has 6 aliphatic heterocycles. The van der Waals surface area contributed by atoms with Crippen LogP contribution in [0.25, 0.3) is 10.9 Å². The number of halogens is 6. The van der Waals surface area contributed by atoms with E-state index >= 15 is 0 Å². The fraction of sp³-hybridized carbons (Fsp3) is 0.475. The van der Waals surface area contributed by atoms with Crippen molar-refractivity contribution in [2.45, 2.75) is 142 Å². The number of pyridine rings is 1. The normalized spacial score (nSPS) is 20.2. The van der Waals surface area contributed by atoms with Crippen molar-refractivity contribution in [2.24, 2.45) is 23.7 Å². The Balaban J connectivity index is 0.000000158. The molecule has 0 spiro atoms. The summed E-state index contributed by atoms with van der Waals surface area (Å²) in [6.45, 7) is 18.5. The Morgan fingerprint density at radius 2 is 0.990 bits per heavy atom. The summed E-state index contributed by atoms with van der Waals surface area (Å²) in [5.41, 5.74) is 9.74. The van der Waals surface area contributed by atoms with Crippen LogP contribution in [0, 0.1) is 37.5 Å². The van der Waals surface area contributed by atoms with Gasteiger partial charge >= 0.3 is 0 Å². The van der Waals surface area contributed by atoms with Crippen molar-refractivity contribution in [1.29, 1.82) is 0 Å². The van der Waals surface area contributed by atoms with Gasteiger partial charge in [0.15, 0.2) is 0 Å². The summed E-state index contributed by atoms with van der Waals surface area (Å²) in [6.07, 6.45) is 19.2. The molecule has 16 heteroatoms. The maximum Gasteiger partial charge on any atom is 0.253 e. The molecular formula is C80H97Cl6N7O3. The zero-order valence-electron chi connectivity index (χ0n) is 56.2. The van der Waals surface area contributed by atoms with Gasteiger partial charge in [0.25, 0.3) is 11.8 Å². The minimum Gasteiger partial charge on any atom is -0.342 e. The van der Waals surface area contributed by atoms with E-state index in [0.29, 0.717) is 68.3 Å². The second-order valence-electron chi connectivity index (χ2n) is 28.1. The van der Waals surface area contributed by atoms with Crippen LogP contribution in [0.2, 0.25) is 30.1 Å². The number of carbonyl (C=O) groups excluding carboxylic acids is 3. The summed E-state index contributed by atoms with van der Waals surface area (Å²) < 4.78 is 0. The third-order valence-corrected chi connectivity index (χ3v) is 23.9. The first-order valence-electron chi connectivity index (χ1n) is 35.4. The molecule has 10 nitrogen and oxygen atoms in total. The predicted octanol–water partition coefficient (Wildman–Crippen LogP) is 18.6. The van der Waals surface area contributed by atoms with Crippen LogP contribution in [0.5, 0.6) is 0 Å². The average molecular weight is 1420 g/mol. The van der Waals surface area contributed by atoms with Gasteiger partial charge in [0.2, 0.25) is 5.91 Å². The molecule has 3 amide bonds. The number of piperidine rings is 6. The Hall–Kier alpha value is -5.24. The minimum atomic E-state index is 0. The van der Waals surface area contributed by atoms with Gasteiger partial charge in [0, 0.05) is 98.1 Å². The fourth-order valence-corrected chi connectivity index (χ4v) is 17.0. The minimum absolute atomic E-state index is 0. The fourth-order valence-electron chi connectivity index (χ4n) is 16.0. The van der Waals surface area contributed by atoms with Crippen LogP contribution in [0.1, 0.15) is 139 Å². The summed E-state index contributed by atoms with van der Waals surface area (Å²) in [5.74, 6) is 3.33. The summed E-state index contributed by atoms with van der Waals surface area (Å²) in [7, 11) is 0. The Kier molecular flexibility index (Phi) is 26.0. The summed E-state index contributed by atoms with van der Waals surface area (Å²) in [6, 6.07) is 45.5. The zero-order chi connectivity index (χ0) is 67.2. The number of rotatable bonds is 14. The number of benzene rings is 6. The van der Waals surface area contributed by atoms with Gasteiger partial charge in [-0.05, 0) is 267 Å². The summed E-state index contributed by atoms with van der Waals surface area (Å²) >= 11 is 37.1. The van der Waals surface area contributed by atoms with Gasteiger partial charge in [-0.25, -0.2) is 0 Å². The molecule has 0 radical (unpaired) electrons. The molecule has 13 rings (SSSR count). The Morgan fingerprint density at radius 1 is 0.448 bits per heavy atom. The Labute approximate surface area is 602 Å². The number of amides is 3. The van der Waals surface area contributed by atoms with Crippen LogP contribution in [0.15, 0.2) is 140 Å². The molecule has 6 aliphatic rings.